The van der Waals surface area contributed by atoms with Crippen LogP contribution in [0.3, 0.4) is 0 Å². The predicted molar refractivity (Wildman–Crippen MR) is 385 cm³/mol. The molecule has 0 amide bonds. The number of carbonyl (C=O) groups excluding carboxylic acids is 2. The smallest absolute Gasteiger partial charge is 0.870 e. The first-order valence-corrected chi connectivity index (χ1v) is 38.0. The summed E-state index contributed by atoms with van der Waals surface area (Å²) >= 11 is 2.37. The monoisotopic (exact) mass is 1390 g/mol. The van der Waals surface area contributed by atoms with Crippen LogP contribution in [0.1, 0.15) is 282 Å². The van der Waals surface area contributed by atoms with Crippen LogP contribution in [0, 0.1) is 165 Å². The Balaban J connectivity index is 0.000000203. The maximum atomic E-state index is 12.2. The van der Waals surface area contributed by atoms with E-state index >= 15 is 0 Å². The Morgan fingerprint density at radius 2 is 0.934 bits per heavy atom. The van der Waals surface area contributed by atoms with Gasteiger partial charge in [0.2, 0.25) is 0 Å². The van der Waals surface area contributed by atoms with Gasteiger partial charge in [-0.1, -0.05) is 137 Å². The van der Waals surface area contributed by atoms with Gasteiger partial charge in [-0.05, 0) is 294 Å². The largest absolute Gasteiger partial charge is 1.00 e. The van der Waals surface area contributed by atoms with Crippen LogP contribution < -0.4 is 57.2 Å². The van der Waals surface area contributed by atoms with Crippen molar-refractivity contribution in [2.45, 2.75) is 294 Å². The van der Waals surface area contributed by atoms with Gasteiger partial charge in [0.25, 0.3) is 0 Å². The molecule has 91 heavy (non-hydrogen) atoms. The van der Waals surface area contributed by atoms with Crippen LogP contribution >= 0.6 is 22.6 Å². The molecule has 0 radical (unpaired) electrons. The van der Waals surface area contributed by atoms with Crippen LogP contribution in [-0.2, 0) is 9.59 Å². The second kappa shape index (κ2) is 36.2. The van der Waals surface area contributed by atoms with E-state index in [1.807, 2.05) is 13.8 Å². The molecule has 5 N–H and O–H groups in total. The van der Waals surface area contributed by atoms with Gasteiger partial charge >= 0.3 is 51.4 Å². The first-order chi connectivity index (χ1) is 42.2. The van der Waals surface area contributed by atoms with Gasteiger partial charge in [0, 0.05) is 41.2 Å². The summed E-state index contributed by atoms with van der Waals surface area (Å²) in [7, 11) is 0. The quantitative estimate of drug-likeness (QED) is 0.0487. The Kier molecular flexibility index (Phi) is 32.0. The number of hydrazone groups is 1. The molecule has 11 saturated carbocycles. The number of aliphatic hydroxyl groups is 2. The molecule has 0 aliphatic heterocycles. The van der Waals surface area contributed by atoms with E-state index in [9.17, 15) is 19.8 Å². The number of nitrogens with two attached hydrogens (primary N) is 1. The maximum Gasteiger partial charge on any atom is 1.00 e. The molecule has 13 aliphatic carbocycles. The Bertz CT molecular complexity index is 2550. The number of fused-ring (bicyclic) bond motifs is 10. The minimum Gasteiger partial charge on any atom is -0.870 e. The fourth-order valence-corrected chi connectivity index (χ4v) is 23.2. The molecule has 0 aromatic heterocycles. The van der Waals surface area contributed by atoms with Crippen molar-refractivity contribution in [3.8, 4) is 37.0 Å². The average molecular weight is 1390 g/mol. The van der Waals surface area contributed by atoms with Crippen molar-refractivity contribution in [1.29, 1.82) is 0 Å². The molecule has 0 heterocycles. The van der Waals surface area contributed by atoms with Crippen LogP contribution in [0.15, 0.2) is 38.6 Å². The average Bonchev–Trinajstić information content (AvgIpc) is 1.14. The van der Waals surface area contributed by atoms with Gasteiger partial charge in [-0.15, -0.1) is 37.0 Å². The predicted octanol–water partition coefficient (Wildman–Crippen LogP) is 17.2. The Morgan fingerprint density at radius 3 is 1.27 bits per heavy atom. The van der Waals surface area contributed by atoms with Gasteiger partial charge in [0.15, 0.2) is 0 Å². The van der Waals surface area contributed by atoms with Crippen LogP contribution in [0.5, 0.6) is 0 Å². The summed E-state index contributed by atoms with van der Waals surface area (Å²) < 4.78 is 1.36. The summed E-state index contributed by atoms with van der Waals surface area (Å²) in [5, 5.41) is 23.9. The summed E-state index contributed by atoms with van der Waals surface area (Å²) in [6.07, 6.45) is 59.6. The number of hydrogen-bond donors (Lipinski definition) is 3. The molecule has 24 atom stereocenters. The molecule has 0 aromatic carbocycles. The first-order valence-electron chi connectivity index (χ1n) is 37.0. The third-order valence-corrected chi connectivity index (χ3v) is 29.0. The SMILES string of the molecule is C#C[C@H]1CCC2C3CC=C4C[C@@H](O)CC[C@]4(C)C3CCC21C.C#C[C@H]1CCCC1C.C#C[C@H]1CCC[C@H]1C.C/C(=N/N)[C@H]1CCCC1C.C=C(I)[C@H]1CCCC1C.CC(=O)[C@H]1CCC2C3CC=C4C[C@@H](O)CC[C@]4(C)C3CCC21C.CC(=O)[C@H]1CCCC1C.[K+].[OH-]. The second-order valence-corrected chi connectivity index (χ2v) is 34.6. The molecule has 0 saturated heterocycles. The zero-order chi connectivity index (χ0) is 65.2. The van der Waals surface area contributed by atoms with E-state index in [2.05, 4.69) is 126 Å². The molecule has 0 aromatic rings. The Morgan fingerprint density at radius 1 is 0.527 bits per heavy atom. The van der Waals surface area contributed by atoms with Crippen molar-refractivity contribution in [3.05, 3.63) is 33.5 Å². The zero-order valence-electron chi connectivity index (χ0n) is 60.1. The van der Waals surface area contributed by atoms with Crippen LogP contribution in [0.25, 0.3) is 0 Å². The van der Waals surface area contributed by atoms with Crippen molar-refractivity contribution in [3.63, 3.8) is 0 Å². The molecule has 13 rings (SSSR count). The molecule has 0 bridgehead atoms. The standard InChI is InChI=1S/C21H32O2.C21H30O.C8H13I.C8H16N2.C8H14O.2C8H12.K.H2O/c1-13(22)17-6-7-18-16-5-4-14-12-15(23)8-10-20(14,2)19(16)9-11-21(17,18)3;1-4-14-6-8-18-17-7-5-15-13-16(22)9-11-21(15,3)19(17)10-12-20(14,18)2;1-6-4-3-5-8(6)7(2)9;1-6-4-3-5-8(6)7(2)10-9;1-6-4-3-5-8(6)7(2)9;2*1-3-8-6-4-5-7(8)2;;/h4,15-19,23H,5-12H2,1-3H3;1,5,14,16-19,22H,6-13H2,2-3H3;6,8H,2-5H2,1H3;6,8H,3-5,9H2,1-2H3;6,8H,3-5H2,1-2H3;2*1,7-8H,4-6H2,2H3;;1H2/q;;;;;;;+1;/p-1/b;;;10-7-;;;;;/t15-,16?,17+,18?,19?,20-,21?;14-,16-,17?,18?,19?,20?,21-;3*6?,8-;7?,8-;7-,8+;;/m0000001../s1. The number of ketones is 2. The number of carbonyl (C=O) groups is 2. The van der Waals surface area contributed by atoms with Gasteiger partial charge < -0.3 is 21.5 Å². The Labute approximate surface area is 614 Å². The first kappa shape index (κ1) is 80.6. The number of aliphatic hydroxyl groups excluding tert-OH is 2. The number of rotatable bonds is 4. The summed E-state index contributed by atoms with van der Waals surface area (Å²) in [5.41, 5.74) is 5.57. The zero-order valence-corrected chi connectivity index (χ0v) is 65.4. The summed E-state index contributed by atoms with van der Waals surface area (Å²) in [5.74, 6) is 27.3. The molecule has 506 valence electrons. The van der Waals surface area contributed by atoms with Crippen LogP contribution in [-0.4, -0.2) is 45.2 Å². The number of nitrogens with zero attached hydrogens (tertiary/aromatic N) is 1. The van der Waals surface area contributed by atoms with Gasteiger partial charge in [0.1, 0.15) is 11.6 Å². The molecule has 0 spiro atoms. The van der Waals surface area contributed by atoms with E-state index in [1.165, 1.54) is 158 Å². The van der Waals surface area contributed by atoms with Gasteiger partial charge in [0.05, 0.1) is 12.2 Å². The molecule has 12 unspecified atom stereocenters. The normalized spacial score (nSPS) is 43.4. The minimum atomic E-state index is -0.117. The number of hydrogen-bond acceptors (Lipinski definition) is 7. The summed E-state index contributed by atoms with van der Waals surface area (Å²) in [6, 6.07) is 0. The third-order valence-electron chi connectivity index (χ3n) is 28.2. The number of Topliss-reactive ketones (excluding diaryl/α,β-unsaturated/α-hetero) is 2. The van der Waals surface area contributed by atoms with E-state index in [0.29, 0.717) is 69.2 Å². The van der Waals surface area contributed by atoms with Crippen LogP contribution in [0.2, 0.25) is 0 Å². The molecular weight excluding hydrogens is 1260 g/mol. The van der Waals surface area contributed by atoms with Crippen molar-refractivity contribution in [1.82, 2.24) is 0 Å². The fourth-order valence-electron chi connectivity index (χ4n) is 22.2. The van der Waals surface area contributed by atoms with Gasteiger partial charge in [-0.3, -0.25) is 9.59 Å². The van der Waals surface area contributed by atoms with Gasteiger partial charge in [-0.25, -0.2) is 0 Å². The third kappa shape index (κ3) is 18.8. The van der Waals surface area contributed by atoms with Crippen LogP contribution in [0.4, 0.5) is 0 Å². The van der Waals surface area contributed by atoms with E-state index in [1.54, 1.807) is 18.1 Å². The molecule has 13 aliphatic rings. The van der Waals surface area contributed by atoms with Gasteiger partial charge in [-0.2, -0.15) is 5.10 Å². The minimum absolute atomic E-state index is 0. The van der Waals surface area contributed by atoms with Crippen molar-refractivity contribution in [2.75, 3.05) is 0 Å². The van der Waals surface area contributed by atoms with Crippen molar-refractivity contribution >= 4 is 39.9 Å². The summed E-state index contributed by atoms with van der Waals surface area (Å²) in [6.45, 7) is 30.7. The second-order valence-electron chi connectivity index (χ2n) is 33.2. The number of allylic oxidation sites excluding steroid dienone is 3. The summed E-state index contributed by atoms with van der Waals surface area (Å²) in [4.78, 5) is 23.0. The number of terminal acetylenes is 3. The molecule has 7 nitrogen and oxygen atoms in total. The van der Waals surface area contributed by atoms with Crippen molar-refractivity contribution < 1.29 is 76.7 Å². The van der Waals surface area contributed by atoms with Crippen molar-refractivity contribution in [2.24, 2.45) is 139 Å². The Hall–Kier alpha value is -1.04. The molecule has 9 heteroatoms. The number of halogens is 1. The molecule has 11 fully saturated rings. The fraction of sp³-hybridized carbons (Fsp3) is 0.817. The topological polar surface area (TPSA) is 143 Å². The van der Waals surface area contributed by atoms with E-state index in [4.69, 9.17) is 25.1 Å². The van der Waals surface area contributed by atoms with E-state index in [-0.39, 0.29) is 74.5 Å². The van der Waals surface area contributed by atoms with E-state index < -0.39 is 0 Å². The molecular formula is C82H130IKN2O5. The maximum absolute atomic E-state index is 12.2. The van der Waals surface area contributed by atoms with E-state index in [0.717, 1.165) is 116 Å².